The lowest BCUT2D eigenvalue weighted by Gasteiger charge is -2.10. The molecule has 2 aromatic carbocycles. The van der Waals surface area contributed by atoms with Crippen molar-refractivity contribution < 1.29 is 14.3 Å². The number of nitriles is 1. The highest BCUT2D eigenvalue weighted by molar-refractivity contribution is 6.09. The molecule has 0 aliphatic rings. The molecule has 0 saturated heterocycles. The number of carbonyl (C=O) groups excluding carboxylic acids is 2. The Kier molecular flexibility index (Phi) is 7.79. The molecule has 2 aromatic rings. The summed E-state index contributed by atoms with van der Waals surface area (Å²) in [4.78, 5) is 24.4. The minimum absolute atomic E-state index is 0.0806. The Morgan fingerprint density at radius 2 is 1.96 bits per heavy atom. The lowest BCUT2D eigenvalue weighted by molar-refractivity contribution is -0.112. The zero-order valence-corrected chi connectivity index (χ0v) is 16.0. The highest BCUT2D eigenvalue weighted by Crippen LogP contribution is 2.17. The Morgan fingerprint density at radius 1 is 1.18 bits per heavy atom. The van der Waals surface area contributed by atoms with E-state index < -0.39 is 11.9 Å². The van der Waals surface area contributed by atoms with E-state index in [9.17, 15) is 14.9 Å². The van der Waals surface area contributed by atoms with Crippen LogP contribution in [0.1, 0.15) is 28.4 Å². The number of aryl methyl sites for hydroxylation is 1. The number of esters is 1. The fourth-order valence-corrected chi connectivity index (χ4v) is 2.58. The second-order valence-corrected chi connectivity index (χ2v) is 6.08. The van der Waals surface area contributed by atoms with Crippen LogP contribution in [-0.2, 0) is 16.0 Å². The van der Waals surface area contributed by atoms with Crippen LogP contribution in [-0.4, -0.2) is 25.0 Å². The van der Waals surface area contributed by atoms with Gasteiger partial charge in [0.25, 0.3) is 5.91 Å². The number of carbonyl (C=O) groups is 2. The van der Waals surface area contributed by atoms with E-state index in [1.54, 1.807) is 31.2 Å². The maximum Gasteiger partial charge on any atom is 0.340 e. The summed E-state index contributed by atoms with van der Waals surface area (Å²) in [5, 5.41) is 14.9. The first-order chi connectivity index (χ1) is 13.5. The first-order valence-corrected chi connectivity index (χ1v) is 9.01. The van der Waals surface area contributed by atoms with Gasteiger partial charge < -0.3 is 15.4 Å². The molecule has 1 amide bonds. The van der Waals surface area contributed by atoms with Crippen molar-refractivity contribution in [3.63, 3.8) is 0 Å². The Morgan fingerprint density at radius 3 is 2.68 bits per heavy atom. The predicted octanol–water partition coefficient (Wildman–Crippen LogP) is 3.35. The van der Waals surface area contributed by atoms with Gasteiger partial charge in [-0.05, 0) is 38.0 Å². The van der Waals surface area contributed by atoms with E-state index in [0.29, 0.717) is 12.2 Å². The van der Waals surface area contributed by atoms with Crippen LogP contribution >= 0.6 is 0 Å². The highest BCUT2D eigenvalue weighted by Gasteiger charge is 2.16. The normalized spacial score (nSPS) is 10.7. The molecule has 6 nitrogen and oxygen atoms in total. The minimum Gasteiger partial charge on any atom is -0.462 e. The first-order valence-electron chi connectivity index (χ1n) is 9.01. The van der Waals surface area contributed by atoms with Crippen LogP contribution in [0.4, 0.5) is 5.69 Å². The third kappa shape index (κ3) is 5.99. The third-order valence-corrected chi connectivity index (χ3v) is 3.92. The molecule has 0 saturated carbocycles. The Bertz CT molecular complexity index is 913. The largest absolute Gasteiger partial charge is 0.462 e. The molecule has 0 atom stereocenters. The maximum atomic E-state index is 12.4. The van der Waals surface area contributed by atoms with Crippen molar-refractivity contribution in [3.8, 4) is 6.07 Å². The molecule has 0 unspecified atom stereocenters. The smallest absolute Gasteiger partial charge is 0.340 e. The first kappa shape index (κ1) is 20.7. The van der Waals surface area contributed by atoms with Gasteiger partial charge in [0.1, 0.15) is 11.6 Å². The summed E-state index contributed by atoms with van der Waals surface area (Å²) in [5.41, 5.74) is 2.81. The number of amides is 1. The van der Waals surface area contributed by atoms with Gasteiger partial charge >= 0.3 is 5.97 Å². The molecule has 0 aliphatic heterocycles. The molecule has 0 spiro atoms. The van der Waals surface area contributed by atoms with Gasteiger partial charge in [-0.15, -0.1) is 0 Å². The molecule has 0 aliphatic carbocycles. The average Bonchev–Trinajstić information content (AvgIpc) is 2.68. The number of hydrogen-bond donors (Lipinski definition) is 2. The average molecular weight is 377 g/mol. The molecule has 0 bridgehead atoms. The fraction of sp³-hybridized carbons (Fsp3) is 0.227. The van der Waals surface area contributed by atoms with Crippen molar-refractivity contribution in [1.82, 2.24) is 5.32 Å². The quantitative estimate of drug-likeness (QED) is 0.319. The van der Waals surface area contributed by atoms with Gasteiger partial charge in [-0.2, -0.15) is 5.26 Å². The van der Waals surface area contributed by atoms with Crippen LogP contribution in [0.2, 0.25) is 0 Å². The maximum absolute atomic E-state index is 12.4. The van der Waals surface area contributed by atoms with E-state index in [4.69, 9.17) is 4.74 Å². The number of ether oxygens (including phenoxy) is 1. The second kappa shape index (κ2) is 10.5. The third-order valence-electron chi connectivity index (χ3n) is 3.92. The molecule has 6 heteroatoms. The van der Waals surface area contributed by atoms with Gasteiger partial charge in [0.15, 0.2) is 0 Å². The van der Waals surface area contributed by atoms with Gasteiger partial charge in [-0.1, -0.05) is 42.0 Å². The van der Waals surface area contributed by atoms with Crippen molar-refractivity contribution in [2.75, 3.05) is 18.5 Å². The van der Waals surface area contributed by atoms with Crippen molar-refractivity contribution >= 4 is 17.6 Å². The number of hydrogen-bond acceptors (Lipinski definition) is 5. The van der Waals surface area contributed by atoms with Crippen molar-refractivity contribution in [2.24, 2.45) is 0 Å². The number of anilines is 1. The van der Waals surface area contributed by atoms with Crippen LogP contribution in [0.3, 0.4) is 0 Å². The van der Waals surface area contributed by atoms with Crippen LogP contribution in [0.5, 0.6) is 0 Å². The molecule has 2 N–H and O–H groups in total. The second-order valence-electron chi connectivity index (χ2n) is 6.08. The molecule has 28 heavy (non-hydrogen) atoms. The Labute approximate surface area is 164 Å². The molecule has 0 heterocycles. The topological polar surface area (TPSA) is 91.2 Å². The number of nitrogens with one attached hydrogen (secondary N) is 2. The number of rotatable bonds is 8. The van der Waals surface area contributed by atoms with E-state index in [0.717, 1.165) is 6.42 Å². The molecule has 144 valence electrons. The summed E-state index contributed by atoms with van der Waals surface area (Å²) in [5.74, 6) is -1.13. The Hall–Kier alpha value is -3.59. The van der Waals surface area contributed by atoms with Gasteiger partial charge in [0.2, 0.25) is 0 Å². The summed E-state index contributed by atoms with van der Waals surface area (Å²) < 4.78 is 4.98. The van der Waals surface area contributed by atoms with Crippen LogP contribution in [0, 0.1) is 18.3 Å². The van der Waals surface area contributed by atoms with E-state index in [1.165, 1.54) is 17.3 Å². The summed E-state index contributed by atoms with van der Waals surface area (Å²) >= 11 is 0. The minimum atomic E-state index is -0.595. The predicted molar refractivity (Wildman–Crippen MR) is 108 cm³/mol. The van der Waals surface area contributed by atoms with E-state index >= 15 is 0 Å². The number of benzene rings is 2. The van der Waals surface area contributed by atoms with Crippen molar-refractivity contribution in [2.45, 2.75) is 20.3 Å². The van der Waals surface area contributed by atoms with Gasteiger partial charge in [0.05, 0.1) is 17.9 Å². The SMILES string of the molecule is CCOC(=O)c1ccccc1NC(=O)/C(C#N)=C\NCCc1cccc(C)c1. The lowest BCUT2D eigenvalue weighted by Crippen LogP contribution is -2.19. The zero-order chi connectivity index (χ0) is 20.4. The van der Waals surface area contributed by atoms with Crippen molar-refractivity contribution in [3.05, 3.63) is 77.0 Å². The van der Waals surface area contributed by atoms with Gasteiger partial charge in [-0.25, -0.2) is 4.79 Å². The monoisotopic (exact) mass is 377 g/mol. The van der Waals surface area contributed by atoms with E-state index in [1.807, 2.05) is 31.2 Å². The molecule has 2 rings (SSSR count). The van der Waals surface area contributed by atoms with Gasteiger partial charge in [-0.3, -0.25) is 4.79 Å². The molecule has 0 radical (unpaired) electrons. The van der Waals surface area contributed by atoms with Crippen LogP contribution in [0.25, 0.3) is 0 Å². The van der Waals surface area contributed by atoms with Crippen molar-refractivity contribution in [1.29, 1.82) is 5.26 Å². The fourth-order valence-electron chi connectivity index (χ4n) is 2.58. The summed E-state index contributed by atoms with van der Waals surface area (Å²) in [6, 6.07) is 16.5. The molecular weight excluding hydrogens is 354 g/mol. The number of nitrogens with zero attached hydrogens (tertiary/aromatic N) is 1. The number of para-hydroxylation sites is 1. The molecule has 0 aromatic heterocycles. The summed E-state index contributed by atoms with van der Waals surface area (Å²) in [6.45, 7) is 4.55. The van der Waals surface area contributed by atoms with Gasteiger partial charge in [0, 0.05) is 12.7 Å². The standard InChI is InChI=1S/C22H23N3O3/c1-3-28-22(27)19-9-4-5-10-20(19)25-21(26)18(14-23)15-24-12-11-17-8-6-7-16(2)13-17/h4-10,13,15,24H,3,11-12H2,1-2H3,(H,25,26)/b18-15-. The van der Waals surface area contributed by atoms with Crippen LogP contribution in [0.15, 0.2) is 60.3 Å². The Balaban J connectivity index is 1.99. The molecule has 0 fully saturated rings. The lowest BCUT2D eigenvalue weighted by atomic mass is 10.1. The summed E-state index contributed by atoms with van der Waals surface area (Å²) in [6.07, 6.45) is 2.16. The summed E-state index contributed by atoms with van der Waals surface area (Å²) in [7, 11) is 0. The van der Waals surface area contributed by atoms with Crippen LogP contribution < -0.4 is 10.6 Å². The zero-order valence-electron chi connectivity index (χ0n) is 16.0. The molecular formula is C22H23N3O3. The highest BCUT2D eigenvalue weighted by atomic mass is 16.5. The van der Waals surface area contributed by atoms with E-state index in [2.05, 4.69) is 16.7 Å². The van der Waals surface area contributed by atoms with E-state index in [-0.39, 0.29) is 17.7 Å².